The van der Waals surface area contributed by atoms with Gasteiger partial charge in [0.05, 0.1) is 0 Å². The van der Waals surface area contributed by atoms with Crippen LogP contribution in [0.25, 0.3) is 0 Å². The molecule has 16 heavy (non-hydrogen) atoms. The molecule has 1 aromatic rings. The molecule has 1 atom stereocenters. The fourth-order valence-corrected chi connectivity index (χ4v) is 1.51. The Balaban J connectivity index is 2.66. The molecular formula is C11H20N4O. The highest BCUT2D eigenvalue weighted by Crippen LogP contribution is 2.21. The first kappa shape index (κ1) is 12.7. The van der Waals surface area contributed by atoms with Crippen molar-refractivity contribution in [2.45, 2.75) is 33.2 Å². The van der Waals surface area contributed by atoms with Crippen LogP contribution in [0.5, 0.6) is 0 Å². The maximum Gasteiger partial charge on any atom is 0.269 e. The van der Waals surface area contributed by atoms with Crippen LogP contribution in [0, 0.1) is 5.41 Å². The van der Waals surface area contributed by atoms with Crippen LogP contribution in [-0.2, 0) is 0 Å². The van der Waals surface area contributed by atoms with Crippen molar-refractivity contribution in [2.24, 2.45) is 11.1 Å². The van der Waals surface area contributed by atoms with E-state index >= 15 is 0 Å². The van der Waals surface area contributed by atoms with Crippen LogP contribution in [-0.4, -0.2) is 28.7 Å². The van der Waals surface area contributed by atoms with E-state index in [4.69, 9.17) is 5.73 Å². The van der Waals surface area contributed by atoms with Gasteiger partial charge in [-0.2, -0.15) is 5.10 Å². The van der Waals surface area contributed by atoms with Gasteiger partial charge in [0.1, 0.15) is 5.69 Å². The van der Waals surface area contributed by atoms with Crippen molar-refractivity contribution in [2.75, 3.05) is 6.54 Å². The van der Waals surface area contributed by atoms with E-state index < -0.39 is 0 Å². The third-order valence-electron chi connectivity index (χ3n) is 2.55. The van der Waals surface area contributed by atoms with Gasteiger partial charge in [-0.1, -0.05) is 20.8 Å². The number of nitrogens with one attached hydrogen (secondary N) is 2. The summed E-state index contributed by atoms with van der Waals surface area (Å²) >= 11 is 0. The molecule has 0 aliphatic carbocycles. The molecule has 0 radical (unpaired) electrons. The molecule has 0 bridgehead atoms. The Bertz CT molecular complexity index is 326. The monoisotopic (exact) mass is 224 g/mol. The summed E-state index contributed by atoms with van der Waals surface area (Å²) < 4.78 is 0. The van der Waals surface area contributed by atoms with Gasteiger partial charge in [0.2, 0.25) is 0 Å². The van der Waals surface area contributed by atoms with E-state index in [2.05, 4.69) is 36.3 Å². The highest BCUT2D eigenvalue weighted by atomic mass is 16.2. The smallest absolute Gasteiger partial charge is 0.269 e. The zero-order valence-electron chi connectivity index (χ0n) is 10.1. The lowest BCUT2D eigenvalue weighted by Gasteiger charge is -2.31. The number of amides is 1. The molecule has 0 aliphatic heterocycles. The molecule has 90 valence electrons. The summed E-state index contributed by atoms with van der Waals surface area (Å²) in [4.78, 5) is 11.8. The SMILES string of the molecule is CC(C)(C)C(CCN)NC(=O)c1ccn[nH]1. The second-order valence-electron chi connectivity index (χ2n) is 4.94. The van der Waals surface area contributed by atoms with Gasteiger partial charge in [0, 0.05) is 12.2 Å². The van der Waals surface area contributed by atoms with Gasteiger partial charge in [-0.3, -0.25) is 9.89 Å². The highest BCUT2D eigenvalue weighted by Gasteiger charge is 2.26. The van der Waals surface area contributed by atoms with Gasteiger partial charge < -0.3 is 11.1 Å². The topological polar surface area (TPSA) is 83.8 Å². The predicted molar refractivity (Wildman–Crippen MR) is 63.0 cm³/mol. The van der Waals surface area contributed by atoms with Crippen molar-refractivity contribution in [3.63, 3.8) is 0 Å². The van der Waals surface area contributed by atoms with Crippen LogP contribution >= 0.6 is 0 Å². The number of nitrogens with zero attached hydrogens (tertiary/aromatic N) is 1. The first-order valence-corrected chi connectivity index (χ1v) is 5.45. The van der Waals surface area contributed by atoms with Crippen LogP contribution < -0.4 is 11.1 Å². The Labute approximate surface area is 95.8 Å². The minimum Gasteiger partial charge on any atom is -0.347 e. The quantitative estimate of drug-likeness (QED) is 0.710. The number of carbonyl (C=O) groups excluding carboxylic acids is 1. The van der Waals surface area contributed by atoms with Gasteiger partial charge in [-0.15, -0.1) is 0 Å². The summed E-state index contributed by atoms with van der Waals surface area (Å²) in [5.74, 6) is -0.133. The largest absolute Gasteiger partial charge is 0.347 e. The molecule has 1 heterocycles. The molecular weight excluding hydrogens is 204 g/mol. The number of H-pyrrole nitrogens is 1. The maximum atomic E-state index is 11.8. The summed E-state index contributed by atoms with van der Waals surface area (Å²) in [5.41, 5.74) is 6.02. The Morgan fingerprint density at radius 3 is 2.75 bits per heavy atom. The van der Waals surface area contributed by atoms with Crippen molar-refractivity contribution in [1.29, 1.82) is 0 Å². The number of carbonyl (C=O) groups is 1. The number of nitrogens with two attached hydrogens (primary N) is 1. The average molecular weight is 224 g/mol. The lowest BCUT2D eigenvalue weighted by atomic mass is 9.84. The van der Waals surface area contributed by atoms with Crippen LogP contribution in [0.1, 0.15) is 37.7 Å². The van der Waals surface area contributed by atoms with Crippen LogP contribution in [0.4, 0.5) is 0 Å². The van der Waals surface area contributed by atoms with Gasteiger partial charge in [-0.05, 0) is 24.4 Å². The zero-order valence-corrected chi connectivity index (χ0v) is 10.1. The van der Waals surface area contributed by atoms with E-state index in [-0.39, 0.29) is 17.4 Å². The molecule has 0 saturated carbocycles. The summed E-state index contributed by atoms with van der Waals surface area (Å²) in [6.07, 6.45) is 2.33. The molecule has 1 amide bonds. The van der Waals surface area contributed by atoms with Crippen LogP contribution in [0.2, 0.25) is 0 Å². The lowest BCUT2D eigenvalue weighted by molar-refractivity contribution is 0.0893. The molecule has 0 aliphatic rings. The lowest BCUT2D eigenvalue weighted by Crippen LogP contribution is -2.45. The van der Waals surface area contributed by atoms with Gasteiger partial charge in [0.25, 0.3) is 5.91 Å². The fraction of sp³-hybridized carbons (Fsp3) is 0.636. The predicted octanol–water partition coefficient (Wildman–Crippen LogP) is 0.903. The number of hydrogen-bond donors (Lipinski definition) is 3. The average Bonchev–Trinajstić information content (AvgIpc) is 2.68. The Morgan fingerprint density at radius 1 is 1.62 bits per heavy atom. The third kappa shape index (κ3) is 3.34. The van der Waals surface area contributed by atoms with Gasteiger partial charge in [-0.25, -0.2) is 0 Å². The van der Waals surface area contributed by atoms with E-state index in [0.29, 0.717) is 12.2 Å². The van der Waals surface area contributed by atoms with E-state index in [9.17, 15) is 4.79 Å². The van der Waals surface area contributed by atoms with E-state index in [1.54, 1.807) is 12.3 Å². The summed E-state index contributed by atoms with van der Waals surface area (Å²) in [7, 11) is 0. The standard InChI is InChI=1S/C11H20N4O/c1-11(2,3)9(4-6-12)14-10(16)8-5-7-13-15-8/h5,7,9H,4,6,12H2,1-3H3,(H,13,15)(H,14,16). The second kappa shape index (κ2) is 5.12. The summed E-state index contributed by atoms with van der Waals surface area (Å²) in [6, 6.07) is 1.71. The Kier molecular flexibility index (Phi) is 4.06. The summed E-state index contributed by atoms with van der Waals surface area (Å²) in [5, 5.41) is 9.36. The molecule has 0 fully saturated rings. The highest BCUT2D eigenvalue weighted by molar-refractivity contribution is 5.92. The minimum atomic E-state index is -0.133. The van der Waals surface area contributed by atoms with Crippen molar-refractivity contribution >= 4 is 5.91 Å². The summed E-state index contributed by atoms with van der Waals surface area (Å²) in [6.45, 7) is 6.81. The normalized spacial score (nSPS) is 13.5. The van der Waals surface area contributed by atoms with Crippen molar-refractivity contribution in [3.8, 4) is 0 Å². The Morgan fingerprint density at radius 2 is 2.31 bits per heavy atom. The van der Waals surface area contributed by atoms with Crippen LogP contribution in [0.15, 0.2) is 12.3 Å². The molecule has 0 spiro atoms. The van der Waals surface area contributed by atoms with Gasteiger partial charge in [0.15, 0.2) is 0 Å². The van der Waals surface area contributed by atoms with Crippen molar-refractivity contribution < 1.29 is 4.79 Å². The first-order valence-electron chi connectivity index (χ1n) is 5.45. The maximum absolute atomic E-state index is 11.8. The molecule has 1 unspecified atom stereocenters. The molecule has 0 saturated heterocycles. The number of rotatable bonds is 4. The second-order valence-corrected chi connectivity index (χ2v) is 4.94. The van der Waals surface area contributed by atoms with Crippen LogP contribution in [0.3, 0.4) is 0 Å². The molecule has 5 nitrogen and oxygen atoms in total. The fourth-order valence-electron chi connectivity index (χ4n) is 1.51. The minimum absolute atomic E-state index is 0.00491. The molecule has 1 aromatic heterocycles. The zero-order chi connectivity index (χ0) is 12.2. The molecule has 4 N–H and O–H groups in total. The number of aromatic nitrogens is 2. The number of aromatic amines is 1. The molecule has 5 heteroatoms. The van der Waals surface area contributed by atoms with E-state index in [0.717, 1.165) is 6.42 Å². The van der Waals surface area contributed by atoms with Crippen molar-refractivity contribution in [1.82, 2.24) is 15.5 Å². The number of hydrogen-bond acceptors (Lipinski definition) is 3. The third-order valence-corrected chi connectivity index (χ3v) is 2.55. The molecule has 1 rings (SSSR count). The van der Waals surface area contributed by atoms with E-state index in [1.807, 2.05) is 0 Å². The first-order chi connectivity index (χ1) is 7.45. The molecule has 0 aromatic carbocycles. The van der Waals surface area contributed by atoms with Gasteiger partial charge >= 0.3 is 0 Å². The Hall–Kier alpha value is -1.36. The van der Waals surface area contributed by atoms with E-state index in [1.165, 1.54) is 0 Å². The van der Waals surface area contributed by atoms with Crippen molar-refractivity contribution in [3.05, 3.63) is 18.0 Å².